The van der Waals surface area contributed by atoms with E-state index in [2.05, 4.69) is 20.0 Å². The number of rotatable bonds is 3. The minimum atomic E-state index is 0.451. The Labute approximate surface area is 79.9 Å². The Balaban J connectivity index is 2.29. The third-order valence-corrected chi connectivity index (χ3v) is 1.93. The monoisotopic (exact) mass is 188 g/mol. The first kappa shape index (κ1) is 8.52. The van der Waals surface area contributed by atoms with Crippen molar-refractivity contribution in [2.45, 2.75) is 6.42 Å². The maximum Gasteiger partial charge on any atom is 0.155 e. The van der Waals surface area contributed by atoms with Crippen LogP contribution in [0.5, 0.6) is 0 Å². The molecule has 0 unspecified atom stereocenters. The Kier molecular flexibility index (Phi) is 2.29. The molecular weight excluding hydrogens is 180 g/mol. The molecule has 0 aromatic carbocycles. The molecule has 2 heterocycles. The lowest BCUT2D eigenvalue weighted by atomic mass is 10.3. The lowest BCUT2D eigenvalue weighted by molar-refractivity contribution is 0.894. The number of nitrogens with zero attached hydrogens (tertiary/aromatic N) is 6. The van der Waals surface area contributed by atoms with Gasteiger partial charge < -0.3 is 4.40 Å². The predicted octanol–water partition coefficient (Wildman–Crippen LogP) is 1.58. The van der Waals surface area contributed by atoms with E-state index in [1.54, 1.807) is 18.6 Å². The highest BCUT2D eigenvalue weighted by molar-refractivity contribution is 5.36. The Morgan fingerprint density at radius 2 is 2.43 bits per heavy atom. The van der Waals surface area contributed by atoms with Crippen molar-refractivity contribution in [3.63, 3.8) is 0 Å². The maximum absolute atomic E-state index is 8.13. The minimum Gasteiger partial charge on any atom is -0.301 e. The van der Waals surface area contributed by atoms with E-state index in [1.165, 1.54) is 0 Å². The predicted molar refractivity (Wildman–Crippen MR) is 50.7 cm³/mol. The lowest BCUT2D eigenvalue weighted by Gasteiger charge is -1.96. The van der Waals surface area contributed by atoms with Gasteiger partial charge in [-0.05, 0) is 12.0 Å². The molecule has 70 valence electrons. The van der Waals surface area contributed by atoms with Crippen LogP contribution in [0, 0.1) is 0 Å². The van der Waals surface area contributed by atoms with Crippen molar-refractivity contribution in [2.75, 3.05) is 6.54 Å². The summed E-state index contributed by atoms with van der Waals surface area (Å²) in [5.41, 5.74) is 9.97. The third kappa shape index (κ3) is 1.51. The van der Waals surface area contributed by atoms with Crippen LogP contribution in [0.15, 0.2) is 29.9 Å². The fourth-order valence-corrected chi connectivity index (χ4v) is 1.29. The summed E-state index contributed by atoms with van der Waals surface area (Å²) in [6.07, 6.45) is 7.69. The molecule has 6 heteroatoms. The Bertz CT molecular complexity index is 481. The van der Waals surface area contributed by atoms with Gasteiger partial charge in [0, 0.05) is 35.7 Å². The summed E-state index contributed by atoms with van der Waals surface area (Å²) in [4.78, 5) is 10.8. The van der Waals surface area contributed by atoms with Crippen molar-refractivity contribution in [3.8, 4) is 0 Å². The van der Waals surface area contributed by atoms with Gasteiger partial charge in [0.25, 0.3) is 0 Å². The second-order valence-corrected chi connectivity index (χ2v) is 2.76. The van der Waals surface area contributed by atoms with E-state index in [9.17, 15) is 0 Å². The summed E-state index contributed by atoms with van der Waals surface area (Å²) >= 11 is 0. The van der Waals surface area contributed by atoms with Gasteiger partial charge in [0.1, 0.15) is 0 Å². The van der Waals surface area contributed by atoms with Gasteiger partial charge in [0.2, 0.25) is 0 Å². The number of fused-ring (bicyclic) bond motifs is 1. The van der Waals surface area contributed by atoms with E-state index in [0.29, 0.717) is 13.0 Å². The molecule has 2 aromatic rings. The second-order valence-electron chi connectivity index (χ2n) is 2.76. The van der Waals surface area contributed by atoms with E-state index in [-0.39, 0.29) is 0 Å². The number of aromatic nitrogens is 3. The molecule has 0 N–H and O–H groups in total. The van der Waals surface area contributed by atoms with E-state index in [4.69, 9.17) is 5.53 Å². The Morgan fingerprint density at radius 1 is 1.50 bits per heavy atom. The fraction of sp³-hybridized carbons (Fsp3) is 0.250. The Morgan fingerprint density at radius 3 is 3.29 bits per heavy atom. The standard InChI is InChI=1S/C8H8N6/c9-13-12-2-1-7-5-11-8-6-10-3-4-14(7)8/h3-6H,1-2H2. The average Bonchev–Trinajstić information content (AvgIpc) is 2.63. The van der Waals surface area contributed by atoms with Crippen molar-refractivity contribution in [1.29, 1.82) is 0 Å². The zero-order valence-corrected chi connectivity index (χ0v) is 7.41. The first-order valence-electron chi connectivity index (χ1n) is 4.18. The molecule has 0 bridgehead atoms. The van der Waals surface area contributed by atoms with Crippen molar-refractivity contribution >= 4 is 5.65 Å². The highest BCUT2D eigenvalue weighted by atomic mass is 15.1. The number of imidazole rings is 1. The zero-order valence-electron chi connectivity index (χ0n) is 7.41. The largest absolute Gasteiger partial charge is 0.301 e. The van der Waals surface area contributed by atoms with Gasteiger partial charge in [-0.2, -0.15) is 0 Å². The van der Waals surface area contributed by atoms with Crippen LogP contribution in [-0.4, -0.2) is 20.9 Å². The molecule has 0 fully saturated rings. The molecule has 0 aliphatic rings. The van der Waals surface area contributed by atoms with Gasteiger partial charge in [-0.25, -0.2) is 4.98 Å². The summed E-state index contributed by atoms with van der Waals surface area (Å²) in [6.45, 7) is 0.451. The van der Waals surface area contributed by atoms with Gasteiger partial charge in [0.15, 0.2) is 5.65 Å². The van der Waals surface area contributed by atoms with Crippen LogP contribution in [0.4, 0.5) is 0 Å². The van der Waals surface area contributed by atoms with Crippen LogP contribution in [-0.2, 0) is 6.42 Å². The number of hydrogen-bond acceptors (Lipinski definition) is 3. The van der Waals surface area contributed by atoms with E-state index >= 15 is 0 Å². The van der Waals surface area contributed by atoms with Crippen LogP contribution < -0.4 is 0 Å². The molecule has 0 aliphatic heterocycles. The highest BCUT2D eigenvalue weighted by Gasteiger charge is 2.00. The Hall–Kier alpha value is -2.07. The molecule has 0 radical (unpaired) electrons. The molecule has 2 aromatic heterocycles. The molecule has 14 heavy (non-hydrogen) atoms. The van der Waals surface area contributed by atoms with E-state index in [0.717, 1.165) is 11.3 Å². The molecule has 0 atom stereocenters. The van der Waals surface area contributed by atoms with Crippen LogP contribution >= 0.6 is 0 Å². The van der Waals surface area contributed by atoms with Crippen molar-refractivity contribution < 1.29 is 0 Å². The van der Waals surface area contributed by atoms with Crippen LogP contribution in [0.1, 0.15) is 5.69 Å². The smallest absolute Gasteiger partial charge is 0.155 e. The molecule has 2 rings (SSSR count). The van der Waals surface area contributed by atoms with E-state index < -0.39 is 0 Å². The summed E-state index contributed by atoms with van der Waals surface area (Å²) < 4.78 is 1.93. The number of hydrogen-bond donors (Lipinski definition) is 0. The van der Waals surface area contributed by atoms with Gasteiger partial charge in [-0.15, -0.1) is 0 Å². The fourth-order valence-electron chi connectivity index (χ4n) is 1.29. The lowest BCUT2D eigenvalue weighted by Crippen LogP contribution is -1.94. The summed E-state index contributed by atoms with van der Waals surface area (Å²) in [5, 5.41) is 3.48. The molecule has 0 saturated carbocycles. The zero-order chi connectivity index (χ0) is 9.80. The third-order valence-electron chi connectivity index (χ3n) is 1.93. The first-order chi connectivity index (χ1) is 6.92. The van der Waals surface area contributed by atoms with Crippen LogP contribution in [0.2, 0.25) is 0 Å². The SMILES string of the molecule is [N-]=[N+]=NCCc1cnc2cnccn12. The van der Waals surface area contributed by atoms with Crippen LogP contribution in [0.25, 0.3) is 16.1 Å². The van der Waals surface area contributed by atoms with Crippen molar-refractivity contribution in [3.05, 3.63) is 40.9 Å². The summed E-state index contributed by atoms with van der Waals surface area (Å²) in [7, 11) is 0. The normalized spacial score (nSPS) is 10.0. The van der Waals surface area contributed by atoms with Gasteiger partial charge in [0.05, 0.1) is 6.20 Å². The average molecular weight is 188 g/mol. The number of azide groups is 1. The molecule has 0 spiro atoms. The second kappa shape index (κ2) is 3.76. The maximum atomic E-state index is 8.13. The summed E-state index contributed by atoms with van der Waals surface area (Å²) in [5.74, 6) is 0. The molecule has 6 nitrogen and oxygen atoms in total. The molecule has 0 amide bonds. The van der Waals surface area contributed by atoms with Crippen molar-refractivity contribution in [2.24, 2.45) is 5.11 Å². The summed E-state index contributed by atoms with van der Waals surface area (Å²) in [6, 6.07) is 0. The van der Waals surface area contributed by atoms with Gasteiger partial charge in [-0.3, -0.25) is 4.98 Å². The topological polar surface area (TPSA) is 79.0 Å². The minimum absolute atomic E-state index is 0.451. The highest BCUT2D eigenvalue weighted by Crippen LogP contribution is 2.05. The van der Waals surface area contributed by atoms with Crippen molar-refractivity contribution in [1.82, 2.24) is 14.4 Å². The van der Waals surface area contributed by atoms with Crippen LogP contribution in [0.3, 0.4) is 0 Å². The van der Waals surface area contributed by atoms with Gasteiger partial charge >= 0.3 is 0 Å². The first-order valence-corrected chi connectivity index (χ1v) is 4.18. The molecular formula is C8H8N6. The van der Waals surface area contributed by atoms with Gasteiger partial charge in [-0.1, -0.05) is 5.11 Å². The quantitative estimate of drug-likeness (QED) is 0.416. The molecule has 0 saturated heterocycles. The van der Waals surface area contributed by atoms with E-state index in [1.807, 2.05) is 10.6 Å². The molecule has 0 aliphatic carbocycles.